The third kappa shape index (κ3) is 5.19. The molecule has 1 atom stereocenters. The van der Waals surface area contributed by atoms with E-state index >= 15 is 0 Å². The summed E-state index contributed by atoms with van der Waals surface area (Å²) in [6.45, 7) is 5.78. The second kappa shape index (κ2) is 10.5. The smallest absolute Gasteiger partial charge is 0.295 e. The highest BCUT2D eigenvalue weighted by Crippen LogP contribution is 2.39. The molecule has 32 heavy (non-hydrogen) atoms. The first-order chi connectivity index (χ1) is 15.3. The van der Waals surface area contributed by atoms with Crippen molar-refractivity contribution in [1.82, 2.24) is 9.80 Å². The van der Waals surface area contributed by atoms with Crippen LogP contribution in [0.5, 0.6) is 5.75 Å². The highest BCUT2D eigenvalue weighted by molar-refractivity contribution is 6.46. The van der Waals surface area contributed by atoms with Gasteiger partial charge in [0.05, 0.1) is 18.2 Å². The number of nitrogens with zero attached hydrogens (tertiary/aromatic N) is 2. The fraction of sp³-hybridized carbons (Fsp3) is 0.385. The number of amides is 1. The van der Waals surface area contributed by atoms with E-state index < -0.39 is 17.7 Å². The van der Waals surface area contributed by atoms with Crippen molar-refractivity contribution in [3.63, 3.8) is 0 Å². The van der Waals surface area contributed by atoms with E-state index in [1.165, 1.54) is 0 Å². The van der Waals surface area contributed by atoms with Gasteiger partial charge in [-0.2, -0.15) is 0 Å². The van der Waals surface area contributed by atoms with E-state index in [1.54, 1.807) is 23.1 Å². The topological polar surface area (TPSA) is 70.1 Å². The zero-order valence-corrected chi connectivity index (χ0v) is 19.3. The second-order valence-corrected chi connectivity index (χ2v) is 8.44. The number of carbonyl (C=O) groups is 2. The van der Waals surface area contributed by atoms with Crippen molar-refractivity contribution < 1.29 is 19.4 Å². The average Bonchev–Trinajstić information content (AvgIpc) is 3.02. The number of aliphatic hydroxyl groups is 1. The minimum absolute atomic E-state index is 0.122. The molecule has 170 valence electrons. The number of ether oxygens (including phenoxy) is 1. The standard InChI is InChI=1S/C26H32N2O4/c1-5-16-32-21-9-6-8-20(17-21)24(29)22-23(19-12-10-18(2)11-13-19)28(26(31)25(22)30)15-7-14-27(3)4/h6,8-13,17,23,29H,5,7,14-16H2,1-4H3/b24-22+. The van der Waals surface area contributed by atoms with Crippen LogP contribution in [0.4, 0.5) is 0 Å². The monoisotopic (exact) mass is 436 g/mol. The summed E-state index contributed by atoms with van der Waals surface area (Å²) >= 11 is 0. The number of benzene rings is 2. The summed E-state index contributed by atoms with van der Waals surface area (Å²) in [6, 6.07) is 14.1. The molecule has 1 fully saturated rings. The Kier molecular flexibility index (Phi) is 7.70. The maximum atomic E-state index is 13.1. The summed E-state index contributed by atoms with van der Waals surface area (Å²) in [6.07, 6.45) is 1.59. The Hall–Kier alpha value is -3.12. The van der Waals surface area contributed by atoms with Gasteiger partial charge in [-0.1, -0.05) is 48.9 Å². The molecule has 2 aromatic carbocycles. The van der Waals surface area contributed by atoms with Crippen LogP contribution in [0, 0.1) is 6.92 Å². The Morgan fingerprint density at radius 1 is 1.12 bits per heavy atom. The molecule has 0 saturated carbocycles. The lowest BCUT2D eigenvalue weighted by Gasteiger charge is -2.26. The van der Waals surface area contributed by atoms with Gasteiger partial charge in [0.25, 0.3) is 11.7 Å². The molecule has 3 rings (SSSR count). The van der Waals surface area contributed by atoms with E-state index in [9.17, 15) is 14.7 Å². The number of hydrogen-bond donors (Lipinski definition) is 1. The fourth-order valence-corrected chi connectivity index (χ4v) is 3.87. The van der Waals surface area contributed by atoms with Crippen molar-refractivity contribution in [2.24, 2.45) is 0 Å². The van der Waals surface area contributed by atoms with Crippen LogP contribution in [0.1, 0.15) is 42.5 Å². The van der Waals surface area contributed by atoms with Crippen LogP contribution in [0.2, 0.25) is 0 Å². The highest BCUT2D eigenvalue weighted by atomic mass is 16.5. The van der Waals surface area contributed by atoms with Gasteiger partial charge in [-0.3, -0.25) is 9.59 Å². The van der Waals surface area contributed by atoms with Gasteiger partial charge in [-0.05, 0) is 58.1 Å². The fourth-order valence-electron chi connectivity index (χ4n) is 3.87. The minimum Gasteiger partial charge on any atom is -0.507 e. The molecule has 1 saturated heterocycles. The Bertz CT molecular complexity index is 995. The molecule has 1 aliphatic rings. The number of aliphatic hydroxyl groups excluding tert-OH is 1. The number of aryl methyl sites for hydroxylation is 1. The number of rotatable bonds is 9. The van der Waals surface area contributed by atoms with Gasteiger partial charge in [-0.25, -0.2) is 0 Å². The molecule has 0 aliphatic carbocycles. The molecule has 0 bridgehead atoms. The molecule has 1 aliphatic heterocycles. The second-order valence-electron chi connectivity index (χ2n) is 8.44. The summed E-state index contributed by atoms with van der Waals surface area (Å²) in [4.78, 5) is 29.7. The summed E-state index contributed by atoms with van der Waals surface area (Å²) < 4.78 is 5.68. The van der Waals surface area contributed by atoms with Crippen molar-refractivity contribution in [2.75, 3.05) is 33.8 Å². The van der Waals surface area contributed by atoms with Crippen LogP contribution < -0.4 is 4.74 Å². The van der Waals surface area contributed by atoms with Gasteiger partial charge in [0.2, 0.25) is 0 Å². The van der Waals surface area contributed by atoms with Crippen molar-refractivity contribution in [3.05, 3.63) is 70.8 Å². The summed E-state index contributed by atoms with van der Waals surface area (Å²) in [7, 11) is 3.94. The quantitative estimate of drug-likeness (QED) is 0.363. The molecular weight excluding hydrogens is 404 g/mol. The molecule has 0 spiro atoms. The van der Waals surface area contributed by atoms with Crippen LogP contribution in [0.15, 0.2) is 54.1 Å². The number of Topliss-reactive ketones (excluding diaryl/α,β-unsaturated/α-hetero) is 1. The Labute approximate surface area is 190 Å². The van der Waals surface area contributed by atoms with Gasteiger partial charge in [0, 0.05) is 12.1 Å². The van der Waals surface area contributed by atoms with E-state index in [-0.39, 0.29) is 11.3 Å². The van der Waals surface area contributed by atoms with E-state index in [0.29, 0.717) is 24.5 Å². The van der Waals surface area contributed by atoms with Crippen molar-refractivity contribution >= 4 is 17.4 Å². The van der Waals surface area contributed by atoms with E-state index in [0.717, 1.165) is 30.5 Å². The molecule has 1 unspecified atom stereocenters. The third-order valence-electron chi connectivity index (χ3n) is 5.52. The van der Waals surface area contributed by atoms with Crippen LogP contribution in [-0.2, 0) is 9.59 Å². The average molecular weight is 437 g/mol. The predicted molar refractivity (Wildman–Crippen MR) is 126 cm³/mol. The summed E-state index contributed by atoms with van der Waals surface area (Å²) in [5.41, 5.74) is 2.47. The number of ketones is 1. The molecule has 2 aromatic rings. The maximum absolute atomic E-state index is 13.1. The number of carbonyl (C=O) groups excluding carboxylic acids is 2. The zero-order valence-electron chi connectivity index (χ0n) is 19.3. The van der Waals surface area contributed by atoms with E-state index in [1.807, 2.05) is 63.2 Å². The zero-order chi connectivity index (χ0) is 23.3. The SMILES string of the molecule is CCCOc1cccc(/C(O)=C2\C(=O)C(=O)N(CCCN(C)C)C2c2ccc(C)cc2)c1. The lowest BCUT2D eigenvalue weighted by Crippen LogP contribution is -2.32. The van der Waals surface area contributed by atoms with Gasteiger partial charge in [0.1, 0.15) is 11.5 Å². The maximum Gasteiger partial charge on any atom is 0.295 e. The first kappa shape index (κ1) is 23.5. The van der Waals surface area contributed by atoms with E-state index in [2.05, 4.69) is 0 Å². The third-order valence-corrected chi connectivity index (χ3v) is 5.52. The Morgan fingerprint density at radius 2 is 1.84 bits per heavy atom. The lowest BCUT2D eigenvalue weighted by atomic mass is 9.94. The van der Waals surface area contributed by atoms with Gasteiger partial charge in [0.15, 0.2) is 0 Å². The predicted octanol–water partition coefficient (Wildman–Crippen LogP) is 4.16. The van der Waals surface area contributed by atoms with Crippen LogP contribution >= 0.6 is 0 Å². The molecule has 1 heterocycles. The van der Waals surface area contributed by atoms with Gasteiger partial charge in [-0.15, -0.1) is 0 Å². The summed E-state index contributed by atoms with van der Waals surface area (Å²) in [5.74, 6) is -0.791. The van der Waals surface area contributed by atoms with Crippen LogP contribution in [0.3, 0.4) is 0 Å². The Balaban J connectivity index is 2.05. The molecule has 0 radical (unpaired) electrons. The van der Waals surface area contributed by atoms with Crippen molar-refractivity contribution in [2.45, 2.75) is 32.7 Å². The molecular formula is C26H32N2O4. The molecule has 0 aromatic heterocycles. The largest absolute Gasteiger partial charge is 0.507 e. The minimum atomic E-state index is -0.655. The van der Waals surface area contributed by atoms with Crippen LogP contribution in [-0.4, -0.2) is 60.4 Å². The lowest BCUT2D eigenvalue weighted by molar-refractivity contribution is -0.139. The highest BCUT2D eigenvalue weighted by Gasteiger charge is 2.45. The number of hydrogen-bond acceptors (Lipinski definition) is 5. The normalized spacial score (nSPS) is 17.9. The molecule has 1 N–H and O–H groups in total. The molecule has 1 amide bonds. The number of likely N-dealkylation sites (tertiary alicyclic amines) is 1. The summed E-state index contributed by atoms with van der Waals surface area (Å²) in [5, 5.41) is 11.2. The first-order valence-corrected chi connectivity index (χ1v) is 11.1. The van der Waals surface area contributed by atoms with Gasteiger partial charge >= 0.3 is 0 Å². The molecule has 6 nitrogen and oxygen atoms in total. The molecule has 6 heteroatoms. The van der Waals surface area contributed by atoms with Crippen molar-refractivity contribution in [3.8, 4) is 5.75 Å². The van der Waals surface area contributed by atoms with Gasteiger partial charge < -0.3 is 19.6 Å². The van der Waals surface area contributed by atoms with Crippen LogP contribution in [0.25, 0.3) is 5.76 Å². The van der Waals surface area contributed by atoms with E-state index in [4.69, 9.17) is 4.74 Å². The van der Waals surface area contributed by atoms with Crippen molar-refractivity contribution in [1.29, 1.82) is 0 Å². The first-order valence-electron chi connectivity index (χ1n) is 11.1. The Morgan fingerprint density at radius 3 is 2.50 bits per heavy atom.